The van der Waals surface area contributed by atoms with Crippen molar-refractivity contribution in [2.24, 2.45) is 5.41 Å². The Hall–Kier alpha value is -4.97. The van der Waals surface area contributed by atoms with Crippen molar-refractivity contribution in [3.05, 3.63) is 64.6 Å². The van der Waals surface area contributed by atoms with E-state index >= 15 is 4.39 Å². The minimum absolute atomic E-state index is 0.0367. The standard InChI is InChI=1S/C35H35F2N7O5/c1-3-23-25(36)6-5-21-15-27(46)40-31(28(21)23)32-29(37)30-24(16-38-32)33(44-11-14-48-18-22(17-44)39-26(45)4-2)42-34(41-30)49-20-35(7-8-35)19-43-9-12-47-13-10-43/h1,4-6,15-16,22H,2,7-14,17-20H2,(H,39,45)(H,40,46)/t22-/m0/s1. The molecule has 3 aliphatic rings. The number of morpholine rings is 1. The van der Waals surface area contributed by atoms with Gasteiger partial charge in [-0.3, -0.25) is 19.5 Å². The maximum atomic E-state index is 16.8. The molecule has 1 atom stereocenters. The summed E-state index contributed by atoms with van der Waals surface area (Å²) < 4.78 is 49.2. The van der Waals surface area contributed by atoms with Crippen molar-refractivity contribution in [3.63, 3.8) is 0 Å². The predicted molar refractivity (Wildman–Crippen MR) is 178 cm³/mol. The van der Waals surface area contributed by atoms with Gasteiger partial charge in [0.2, 0.25) is 11.5 Å². The van der Waals surface area contributed by atoms with Crippen LogP contribution in [0.2, 0.25) is 0 Å². The van der Waals surface area contributed by atoms with Gasteiger partial charge in [0.15, 0.2) is 5.82 Å². The Kier molecular flexibility index (Phi) is 8.98. The number of H-pyrrole nitrogens is 1. The first-order valence-electron chi connectivity index (χ1n) is 16.1. The third kappa shape index (κ3) is 6.69. The van der Waals surface area contributed by atoms with Crippen LogP contribution in [0, 0.1) is 29.4 Å². The normalized spacial score (nSPS) is 19.3. The number of carbonyl (C=O) groups excluding carboxylic acids is 1. The Labute approximate surface area is 280 Å². The van der Waals surface area contributed by atoms with Crippen LogP contribution in [0.25, 0.3) is 33.1 Å². The van der Waals surface area contributed by atoms with Crippen molar-refractivity contribution >= 4 is 33.4 Å². The van der Waals surface area contributed by atoms with Gasteiger partial charge in [-0.25, -0.2) is 8.78 Å². The Bertz CT molecular complexity index is 2040. The van der Waals surface area contributed by atoms with Gasteiger partial charge in [0.25, 0.3) is 0 Å². The van der Waals surface area contributed by atoms with Crippen LogP contribution in [0.15, 0.2) is 41.8 Å². The highest BCUT2D eigenvalue weighted by Gasteiger charge is 2.45. The molecule has 2 aliphatic heterocycles. The van der Waals surface area contributed by atoms with Crippen LogP contribution in [0.3, 0.4) is 0 Å². The quantitative estimate of drug-likeness (QED) is 0.202. The van der Waals surface area contributed by atoms with Gasteiger partial charge in [-0.2, -0.15) is 9.97 Å². The molecule has 0 bridgehead atoms. The second-order valence-electron chi connectivity index (χ2n) is 12.7. The van der Waals surface area contributed by atoms with Crippen LogP contribution < -0.4 is 20.5 Å². The molecule has 1 aromatic carbocycles. The minimum atomic E-state index is -0.876. The largest absolute Gasteiger partial charge is 0.463 e. The predicted octanol–water partition coefficient (Wildman–Crippen LogP) is 2.79. The second kappa shape index (κ2) is 13.5. The Morgan fingerprint density at radius 2 is 2.00 bits per heavy atom. The first-order chi connectivity index (χ1) is 23.8. The summed E-state index contributed by atoms with van der Waals surface area (Å²) in [4.78, 5) is 45.4. The van der Waals surface area contributed by atoms with E-state index in [1.54, 1.807) is 0 Å². The smallest absolute Gasteiger partial charge is 0.319 e. The highest BCUT2D eigenvalue weighted by Crippen LogP contribution is 2.46. The van der Waals surface area contributed by atoms with Gasteiger partial charge in [-0.15, -0.1) is 6.42 Å². The second-order valence-corrected chi connectivity index (χ2v) is 12.7. The Balaban J connectivity index is 1.32. The lowest BCUT2D eigenvalue weighted by Gasteiger charge is -2.30. The third-order valence-corrected chi connectivity index (χ3v) is 9.22. The number of hydrogen-bond donors (Lipinski definition) is 2. The van der Waals surface area contributed by atoms with Gasteiger partial charge in [0.05, 0.1) is 55.7 Å². The lowest BCUT2D eigenvalue weighted by Crippen LogP contribution is -2.44. The Morgan fingerprint density at radius 3 is 2.76 bits per heavy atom. The average Bonchev–Trinajstić information content (AvgIpc) is 3.91. The van der Waals surface area contributed by atoms with Gasteiger partial charge in [-0.1, -0.05) is 18.6 Å². The molecule has 1 saturated carbocycles. The van der Waals surface area contributed by atoms with Crippen LogP contribution >= 0.6 is 0 Å². The number of hydrogen-bond acceptors (Lipinski definition) is 10. The van der Waals surface area contributed by atoms with Crippen LogP contribution in [0.5, 0.6) is 6.01 Å². The topological polar surface area (TPSA) is 135 Å². The van der Waals surface area contributed by atoms with Gasteiger partial charge in [0.1, 0.15) is 22.8 Å². The van der Waals surface area contributed by atoms with Gasteiger partial charge < -0.3 is 29.4 Å². The first kappa shape index (κ1) is 32.6. The van der Waals surface area contributed by atoms with E-state index in [4.69, 9.17) is 25.6 Å². The van der Waals surface area contributed by atoms with Gasteiger partial charge in [0, 0.05) is 55.8 Å². The van der Waals surface area contributed by atoms with Crippen molar-refractivity contribution in [2.45, 2.75) is 18.9 Å². The molecule has 1 aliphatic carbocycles. The number of fused-ring (bicyclic) bond motifs is 2. The van der Waals surface area contributed by atoms with Gasteiger partial charge in [-0.05, 0) is 30.4 Å². The molecule has 254 valence electrons. The molecule has 2 saturated heterocycles. The van der Waals surface area contributed by atoms with E-state index in [1.165, 1.54) is 24.4 Å². The van der Waals surface area contributed by atoms with E-state index < -0.39 is 23.2 Å². The van der Waals surface area contributed by atoms with Crippen LogP contribution in [-0.2, 0) is 14.3 Å². The van der Waals surface area contributed by atoms with Gasteiger partial charge >= 0.3 is 6.01 Å². The van der Waals surface area contributed by atoms with Crippen molar-refractivity contribution in [1.82, 2.24) is 30.2 Å². The highest BCUT2D eigenvalue weighted by molar-refractivity contribution is 6.00. The number of rotatable bonds is 9. The first-order valence-corrected chi connectivity index (χ1v) is 16.1. The van der Waals surface area contributed by atoms with Crippen LogP contribution in [0.4, 0.5) is 14.6 Å². The van der Waals surface area contributed by atoms with Crippen molar-refractivity contribution in [1.29, 1.82) is 0 Å². The van der Waals surface area contributed by atoms with E-state index in [9.17, 15) is 14.0 Å². The molecule has 5 heterocycles. The molecule has 12 nitrogen and oxygen atoms in total. The van der Waals surface area contributed by atoms with E-state index in [0.29, 0.717) is 44.2 Å². The fraction of sp³-hybridized carbons (Fsp3) is 0.400. The van der Waals surface area contributed by atoms with Crippen molar-refractivity contribution in [3.8, 4) is 29.7 Å². The molecule has 0 radical (unpaired) electrons. The lowest BCUT2D eigenvalue weighted by atomic mass is 10.0. The molecule has 49 heavy (non-hydrogen) atoms. The lowest BCUT2D eigenvalue weighted by molar-refractivity contribution is -0.117. The number of benzene rings is 1. The summed E-state index contributed by atoms with van der Waals surface area (Å²) in [7, 11) is 0. The molecular weight excluding hydrogens is 636 g/mol. The van der Waals surface area contributed by atoms with Crippen LogP contribution in [0.1, 0.15) is 18.4 Å². The third-order valence-electron chi connectivity index (χ3n) is 9.22. The number of amides is 1. The molecular formula is C35H35F2N7O5. The minimum Gasteiger partial charge on any atom is -0.463 e. The summed E-state index contributed by atoms with van der Waals surface area (Å²) in [6.45, 7) is 9.01. The summed E-state index contributed by atoms with van der Waals surface area (Å²) in [5, 5.41) is 3.60. The molecule has 0 unspecified atom stereocenters. The van der Waals surface area contributed by atoms with Crippen molar-refractivity contribution in [2.75, 3.05) is 70.7 Å². The zero-order valence-corrected chi connectivity index (χ0v) is 26.8. The molecule has 3 fully saturated rings. The van der Waals surface area contributed by atoms with Crippen LogP contribution in [-0.4, -0.2) is 103 Å². The molecule has 14 heteroatoms. The number of ether oxygens (including phenoxy) is 3. The fourth-order valence-electron chi connectivity index (χ4n) is 6.49. The average molecular weight is 672 g/mol. The SMILES string of the molecule is C#Cc1c(F)ccc2cc(=O)[nH]c(-c3ncc4c(N5CCOC[C@@H](NC(=O)C=C)C5)nc(OCC5(CN6CCOCC6)CC5)nc4c3F)c12. The summed E-state index contributed by atoms with van der Waals surface area (Å²) in [6.07, 6.45) is 10.2. The van der Waals surface area contributed by atoms with Crippen molar-refractivity contribution < 1.29 is 27.8 Å². The molecule has 2 N–H and O–H groups in total. The van der Waals surface area contributed by atoms with E-state index in [0.717, 1.165) is 38.5 Å². The highest BCUT2D eigenvalue weighted by atomic mass is 19.1. The number of pyridine rings is 2. The summed E-state index contributed by atoms with van der Waals surface area (Å²) in [5.74, 6) is 0.727. The zero-order valence-electron chi connectivity index (χ0n) is 26.8. The molecule has 3 aromatic heterocycles. The molecule has 7 rings (SSSR count). The number of terminal acetylenes is 1. The van der Waals surface area contributed by atoms with E-state index in [2.05, 4.69) is 37.7 Å². The van der Waals surface area contributed by atoms with E-state index in [1.807, 2.05) is 4.90 Å². The summed E-state index contributed by atoms with van der Waals surface area (Å²) >= 11 is 0. The fourth-order valence-corrected chi connectivity index (χ4v) is 6.49. The zero-order chi connectivity index (χ0) is 34.1. The number of halogens is 2. The maximum Gasteiger partial charge on any atom is 0.319 e. The van der Waals surface area contributed by atoms with E-state index in [-0.39, 0.29) is 63.7 Å². The number of nitrogens with zero attached hydrogens (tertiary/aromatic N) is 5. The monoisotopic (exact) mass is 671 g/mol. The molecule has 1 amide bonds. The number of anilines is 1. The molecule has 0 spiro atoms. The Morgan fingerprint density at radius 1 is 1.20 bits per heavy atom. The summed E-state index contributed by atoms with van der Waals surface area (Å²) in [5.41, 5.74) is -1.21. The number of aromatic nitrogens is 4. The summed E-state index contributed by atoms with van der Waals surface area (Å²) in [6, 6.07) is 3.38. The number of nitrogens with one attached hydrogen (secondary N) is 2. The molecule has 4 aromatic rings. The number of aromatic amines is 1. The maximum absolute atomic E-state index is 16.8. The number of carbonyl (C=O) groups is 1.